The topological polar surface area (TPSA) is 51.0 Å². The third kappa shape index (κ3) is 3.78. The van der Waals surface area contributed by atoms with Crippen LogP contribution < -0.4 is 0 Å². The molecule has 134 valence electrons. The van der Waals surface area contributed by atoms with E-state index in [1.807, 2.05) is 41.1 Å². The zero-order chi connectivity index (χ0) is 18.7. The molecular formula is C20H21ClN4O. The van der Waals surface area contributed by atoms with Crippen LogP contribution in [0, 0.1) is 0 Å². The Hall–Kier alpha value is -2.66. The van der Waals surface area contributed by atoms with Crippen molar-refractivity contribution in [2.75, 3.05) is 7.05 Å². The zero-order valence-electron chi connectivity index (χ0n) is 15.1. The van der Waals surface area contributed by atoms with Gasteiger partial charge in [0.1, 0.15) is 0 Å². The number of benzene rings is 1. The minimum absolute atomic E-state index is 0.0576. The Bertz CT molecular complexity index is 888. The van der Waals surface area contributed by atoms with E-state index >= 15 is 0 Å². The van der Waals surface area contributed by atoms with Gasteiger partial charge in [-0.05, 0) is 41.8 Å². The van der Waals surface area contributed by atoms with Gasteiger partial charge in [-0.25, -0.2) is 4.68 Å². The van der Waals surface area contributed by atoms with Crippen LogP contribution in [0.2, 0.25) is 5.02 Å². The Balaban J connectivity index is 1.92. The quantitative estimate of drug-likeness (QED) is 0.674. The van der Waals surface area contributed by atoms with Gasteiger partial charge in [-0.15, -0.1) is 0 Å². The zero-order valence-corrected chi connectivity index (χ0v) is 15.8. The van der Waals surface area contributed by atoms with Crippen molar-refractivity contribution in [3.05, 3.63) is 76.8 Å². The highest BCUT2D eigenvalue weighted by Crippen LogP contribution is 2.25. The van der Waals surface area contributed by atoms with Gasteiger partial charge in [0.25, 0.3) is 5.91 Å². The summed E-state index contributed by atoms with van der Waals surface area (Å²) in [4.78, 5) is 18.8. The van der Waals surface area contributed by atoms with Gasteiger partial charge in [-0.3, -0.25) is 9.78 Å². The molecule has 3 rings (SSSR count). The van der Waals surface area contributed by atoms with Crippen molar-refractivity contribution in [1.82, 2.24) is 19.7 Å². The molecule has 0 saturated heterocycles. The van der Waals surface area contributed by atoms with E-state index in [0.717, 1.165) is 16.9 Å². The summed E-state index contributed by atoms with van der Waals surface area (Å²) in [5.41, 5.74) is 3.36. The lowest BCUT2D eigenvalue weighted by atomic mass is 10.0. The molecule has 0 atom stereocenters. The molecule has 0 aliphatic carbocycles. The monoisotopic (exact) mass is 368 g/mol. The number of amides is 1. The number of hydrogen-bond acceptors (Lipinski definition) is 3. The molecule has 0 unspecified atom stereocenters. The summed E-state index contributed by atoms with van der Waals surface area (Å²) in [5, 5.41) is 5.13. The molecule has 5 nitrogen and oxygen atoms in total. The molecule has 0 saturated carbocycles. The van der Waals surface area contributed by atoms with Crippen molar-refractivity contribution in [2.45, 2.75) is 26.3 Å². The van der Waals surface area contributed by atoms with E-state index in [-0.39, 0.29) is 11.8 Å². The third-order valence-corrected chi connectivity index (χ3v) is 4.40. The summed E-state index contributed by atoms with van der Waals surface area (Å²) in [6.07, 6.45) is 5.13. The number of halogens is 1. The van der Waals surface area contributed by atoms with Crippen LogP contribution in [0.5, 0.6) is 0 Å². The average Bonchev–Trinajstić information content (AvgIpc) is 3.07. The normalized spacial score (nSPS) is 11.0. The van der Waals surface area contributed by atoms with E-state index in [1.165, 1.54) is 0 Å². The molecule has 2 aromatic heterocycles. The first kappa shape index (κ1) is 18.1. The molecule has 1 aromatic carbocycles. The second-order valence-electron chi connectivity index (χ2n) is 6.51. The molecule has 0 aliphatic heterocycles. The SMILES string of the molecule is CC(C)c1c(C(=O)N(C)Cc2cccnc2)cnn1-c1ccc(Cl)cc1. The van der Waals surface area contributed by atoms with Gasteiger partial charge in [0, 0.05) is 31.0 Å². The minimum atomic E-state index is -0.0576. The maximum absolute atomic E-state index is 13.0. The van der Waals surface area contributed by atoms with Crippen LogP contribution in [-0.2, 0) is 6.54 Å². The van der Waals surface area contributed by atoms with Crippen LogP contribution in [0.3, 0.4) is 0 Å². The van der Waals surface area contributed by atoms with Crippen LogP contribution in [0.15, 0.2) is 55.0 Å². The number of carbonyl (C=O) groups excluding carboxylic acids is 1. The summed E-state index contributed by atoms with van der Waals surface area (Å²) >= 11 is 5.98. The number of carbonyl (C=O) groups is 1. The van der Waals surface area contributed by atoms with Crippen molar-refractivity contribution in [1.29, 1.82) is 0 Å². The van der Waals surface area contributed by atoms with Gasteiger partial charge in [0.15, 0.2) is 0 Å². The van der Waals surface area contributed by atoms with E-state index in [0.29, 0.717) is 17.1 Å². The number of pyridine rings is 1. The lowest BCUT2D eigenvalue weighted by molar-refractivity contribution is 0.0783. The van der Waals surface area contributed by atoms with Crippen molar-refractivity contribution in [2.24, 2.45) is 0 Å². The fraction of sp³-hybridized carbons (Fsp3) is 0.250. The van der Waals surface area contributed by atoms with Crippen LogP contribution >= 0.6 is 11.6 Å². The van der Waals surface area contributed by atoms with Crippen molar-refractivity contribution < 1.29 is 4.79 Å². The highest BCUT2D eigenvalue weighted by molar-refractivity contribution is 6.30. The van der Waals surface area contributed by atoms with E-state index in [2.05, 4.69) is 23.9 Å². The molecule has 26 heavy (non-hydrogen) atoms. The van der Waals surface area contributed by atoms with Gasteiger partial charge in [0.2, 0.25) is 0 Å². The van der Waals surface area contributed by atoms with Crippen LogP contribution in [0.4, 0.5) is 0 Å². The molecule has 1 amide bonds. The maximum atomic E-state index is 13.0. The van der Waals surface area contributed by atoms with Crippen molar-refractivity contribution >= 4 is 17.5 Å². The smallest absolute Gasteiger partial charge is 0.257 e. The molecule has 0 bridgehead atoms. The molecule has 0 aliphatic rings. The van der Waals surface area contributed by atoms with Crippen LogP contribution in [0.25, 0.3) is 5.69 Å². The van der Waals surface area contributed by atoms with Crippen LogP contribution in [0.1, 0.15) is 41.4 Å². The highest BCUT2D eigenvalue weighted by Gasteiger charge is 2.23. The Morgan fingerprint density at radius 2 is 1.92 bits per heavy atom. The number of hydrogen-bond donors (Lipinski definition) is 0. The second kappa shape index (κ2) is 7.70. The van der Waals surface area contributed by atoms with E-state index in [1.54, 1.807) is 30.5 Å². The standard InChI is InChI=1S/C20H21ClN4O/c1-14(2)19-18(12-23-25(19)17-8-6-16(21)7-9-17)20(26)24(3)13-15-5-4-10-22-11-15/h4-12,14H,13H2,1-3H3. The average molecular weight is 369 g/mol. The third-order valence-electron chi connectivity index (χ3n) is 4.14. The Morgan fingerprint density at radius 3 is 2.54 bits per heavy atom. The molecule has 2 heterocycles. The van der Waals surface area contributed by atoms with Gasteiger partial charge < -0.3 is 4.90 Å². The Kier molecular flexibility index (Phi) is 5.38. The lowest BCUT2D eigenvalue weighted by Crippen LogP contribution is -2.27. The summed E-state index contributed by atoms with van der Waals surface area (Å²) in [5.74, 6) is 0.0803. The molecule has 0 fully saturated rings. The first-order valence-corrected chi connectivity index (χ1v) is 8.83. The molecule has 6 heteroatoms. The van der Waals surface area contributed by atoms with Crippen molar-refractivity contribution in [3.8, 4) is 5.69 Å². The van der Waals surface area contributed by atoms with Gasteiger partial charge in [-0.2, -0.15) is 5.10 Å². The molecular weight excluding hydrogens is 348 g/mol. The first-order valence-electron chi connectivity index (χ1n) is 8.45. The second-order valence-corrected chi connectivity index (χ2v) is 6.95. The lowest BCUT2D eigenvalue weighted by Gasteiger charge is -2.19. The maximum Gasteiger partial charge on any atom is 0.257 e. The van der Waals surface area contributed by atoms with Gasteiger partial charge in [0.05, 0.1) is 23.1 Å². The fourth-order valence-electron chi connectivity index (χ4n) is 2.91. The predicted octanol–water partition coefficient (Wildman–Crippen LogP) is 4.32. The van der Waals surface area contributed by atoms with E-state index in [4.69, 9.17) is 11.6 Å². The van der Waals surface area contributed by atoms with E-state index in [9.17, 15) is 4.79 Å². The number of rotatable bonds is 5. The molecule has 0 N–H and O–H groups in total. The van der Waals surface area contributed by atoms with Crippen molar-refractivity contribution in [3.63, 3.8) is 0 Å². The largest absolute Gasteiger partial charge is 0.337 e. The summed E-state index contributed by atoms with van der Waals surface area (Å²) in [7, 11) is 1.79. The number of nitrogens with zero attached hydrogens (tertiary/aromatic N) is 4. The minimum Gasteiger partial charge on any atom is -0.337 e. The summed E-state index contributed by atoms with van der Waals surface area (Å²) in [6, 6.07) is 11.3. The van der Waals surface area contributed by atoms with Gasteiger partial charge in [-0.1, -0.05) is 31.5 Å². The first-order chi connectivity index (χ1) is 12.5. The highest BCUT2D eigenvalue weighted by atomic mass is 35.5. The molecule has 0 radical (unpaired) electrons. The predicted molar refractivity (Wildman–Crippen MR) is 103 cm³/mol. The van der Waals surface area contributed by atoms with Crippen LogP contribution in [-0.4, -0.2) is 32.6 Å². The Labute approximate surface area is 158 Å². The number of aromatic nitrogens is 3. The summed E-state index contributed by atoms with van der Waals surface area (Å²) < 4.78 is 1.81. The van der Waals surface area contributed by atoms with E-state index < -0.39 is 0 Å². The molecule has 3 aromatic rings. The molecule has 0 spiro atoms. The Morgan fingerprint density at radius 1 is 1.19 bits per heavy atom. The van der Waals surface area contributed by atoms with Gasteiger partial charge >= 0.3 is 0 Å². The fourth-order valence-corrected chi connectivity index (χ4v) is 3.04. The summed E-state index contributed by atoms with van der Waals surface area (Å²) in [6.45, 7) is 4.61.